The predicted octanol–water partition coefficient (Wildman–Crippen LogP) is 3.25. The maximum absolute atomic E-state index is 5.82. The molecule has 0 amide bonds. The molecule has 19 heavy (non-hydrogen) atoms. The number of hydrogen-bond donors (Lipinski definition) is 0. The van der Waals surface area contributed by atoms with Crippen molar-refractivity contribution in [1.29, 1.82) is 0 Å². The molecule has 2 aromatic heterocycles. The first-order valence-electron chi connectivity index (χ1n) is 5.64. The Hall–Kier alpha value is -1.53. The van der Waals surface area contributed by atoms with E-state index >= 15 is 0 Å². The minimum Gasteiger partial charge on any atom is -0.224 e. The Morgan fingerprint density at radius 1 is 1.26 bits per heavy atom. The first-order chi connectivity index (χ1) is 9.15. The number of rotatable bonds is 2. The minimum atomic E-state index is 0.0177. The van der Waals surface area contributed by atoms with Crippen molar-refractivity contribution in [2.75, 3.05) is 0 Å². The fraction of sp³-hybridized carbons (Fsp3) is 0.167. The van der Waals surface area contributed by atoms with E-state index in [1.54, 1.807) is 10.9 Å². The highest BCUT2D eigenvalue weighted by atomic mass is 79.9. The predicted molar refractivity (Wildman–Crippen MR) is 76.1 cm³/mol. The van der Waals surface area contributed by atoms with Crippen LogP contribution in [0.4, 0.5) is 0 Å². The number of fused-ring (bicyclic) bond motifs is 1. The molecule has 3 aromatic rings. The summed E-state index contributed by atoms with van der Waals surface area (Å²) in [6, 6.07) is 8.07. The van der Waals surface area contributed by atoms with Gasteiger partial charge < -0.3 is 0 Å². The zero-order valence-electron chi connectivity index (χ0n) is 9.96. The van der Waals surface area contributed by atoms with Gasteiger partial charge in [0.15, 0.2) is 11.2 Å². The lowest BCUT2D eigenvalue weighted by molar-refractivity contribution is 0.556. The van der Waals surface area contributed by atoms with Crippen molar-refractivity contribution in [3.63, 3.8) is 0 Å². The van der Waals surface area contributed by atoms with Crippen LogP contribution in [-0.4, -0.2) is 25.0 Å². The van der Waals surface area contributed by atoms with E-state index in [0.29, 0.717) is 11.2 Å². The van der Waals surface area contributed by atoms with Gasteiger partial charge in [-0.15, -0.1) is 5.10 Å². The Kier molecular flexibility index (Phi) is 3.20. The monoisotopic (exact) mass is 337 g/mol. The third-order valence-corrected chi connectivity index (χ3v) is 3.62. The van der Waals surface area contributed by atoms with Crippen LogP contribution in [0.3, 0.4) is 0 Å². The first-order valence-corrected chi connectivity index (χ1v) is 6.81. The summed E-state index contributed by atoms with van der Waals surface area (Å²) >= 11 is 9.24. The molecule has 0 aliphatic rings. The van der Waals surface area contributed by atoms with Gasteiger partial charge in [-0.3, -0.25) is 0 Å². The van der Waals surface area contributed by atoms with Gasteiger partial charge in [0.05, 0.1) is 12.2 Å². The minimum absolute atomic E-state index is 0.0177. The average Bonchev–Trinajstić information content (AvgIpc) is 2.81. The van der Waals surface area contributed by atoms with E-state index in [1.807, 2.05) is 31.2 Å². The highest BCUT2D eigenvalue weighted by molar-refractivity contribution is 9.10. The Morgan fingerprint density at radius 2 is 2.00 bits per heavy atom. The highest BCUT2D eigenvalue weighted by Crippen LogP contribution is 2.22. The van der Waals surface area contributed by atoms with Gasteiger partial charge >= 0.3 is 0 Å². The van der Waals surface area contributed by atoms with Crippen LogP contribution in [0.1, 0.15) is 18.5 Å². The molecule has 1 atom stereocenters. The third kappa shape index (κ3) is 2.33. The molecule has 3 rings (SSSR count). The zero-order chi connectivity index (χ0) is 13.4. The fourth-order valence-corrected chi connectivity index (χ4v) is 2.26. The van der Waals surface area contributed by atoms with Crippen molar-refractivity contribution in [3.8, 4) is 0 Å². The molecule has 2 heterocycles. The molecule has 7 heteroatoms. The molecule has 0 spiro atoms. The van der Waals surface area contributed by atoms with Gasteiger partial charge in [0.1, 0.15) is 0 Å². The maximum Gasteiger partial charge on any atom is 0.224 e. The molecule has 1 aromatic carbocycles. The van der Waals surface area contributed by atoms with Gasteiger partial charge in [-0.05, 0) is 36.2 Å². The Morgan fingerprint density at radius 3 is 2.74 bits per heavy atom. The van der Waals surface area contributed by atoms with Crippen LogP contribution < -0.4 is 0 Å². The molecule has 0 aliphatic heterocycles. The topological polar surface area (TPSA) is 56.5 Å². The van der Waals surface area contributed by atoms with Crippen molar-refractivity contribution < 1.29 is 0 Å². The van der Waals surface area contributed by atoms with E-state index < -0.39 is 0 Å². The molecule has 0 N–H and O–H groups in total. The lowest BCUT2D eigenvalue weighted by Gasteiger charge is -2.12. The summed E-state index contributed by atoms with van der Waals surface area (Å²) in [5, 5.41) is 8.37. The summed E-state index contributed by atoms with van der Waals surface area (Å²) in [5.74, 6) is 0. The second-order valence-corrected chi connectivity index (χ2v) is 5.36. The van der Waals surface area contributed by atoms with Crippen LogP contribution in [0.25, 0.3) is 11.2 Å². The van der Waals surface area contributed by atoms with Crippen LogP contribution in [0.15, 0.2) is 34.9 Å². The van der Waals surface area contributed by atoms with E-state index in [2.05, 4.69) is 36.2 Å². The standard InChI is InChI=1S/C12H9BrClN5/c1-7(8-2-4-9(13)5-3-8)19-11-10(17-18-19)6-15-12(14)16-11/h2-7H,1H3/t7-/m1/s1. The SMILES string of the molecule is C[C@H](c1ccc(Br)cc1)n1nnc2cnc(Cl)nc21. The molecule has 96 valence electrons. The molecule has 0 fully saturated rings. The summed E-state index contributed by atoms with van der Waals surface area (Å²) in [6.07, 6.45) is 1.57. The Labute approximate surface area is 122 Å². The molecular weight excluding hydrogens is 330 g/mol. The van der Waals surface area contributed by atoms with E-state index in [1.165, 1.54) is 0 Å². The zero-order valence-corrected chi connectivity index (χ0v) is 12.3. The average molecular weight is 339 g/mol. The smallest absolute Gasteiger partial charge is 0.224 e. The quantitative estimate of drug-likeness (QED) is 0.673. The Balaban J connectivity index is 2.08. The summed E-state index contributed by atoms with van der Waals surface area (Å²) in [5.41, 5.74) is 2.38. The summed E-state index contributed by atoms with van der Waals surface area (Å²) in [4.78, 5) is 8.08. The summed E-state index contributed by atoms with van der Waals surface area (Å²) in [6.45, 7) is 2.04. The van der Waals surface area contributed by atoms with Gasteiger partial charge in [-0.1, -0.05) is 33.3 Å². The maximum atomic E-state index is 5.82. The van der Waals surface area contributed by atoms with Crippen LogP contribution in [0.5, 0.6) is 0 Å². The van der Waals surface area contributed by atoms with Gasteiger partial charge in [0, 0.05) is 4.47 Å². The molecule has 0 unspecified atom stereocenters. The lowest BCUT2D eigenvalue weighted by Crippen LogP contribution is -2.09. The summed E-state index contributed by atoms with van der Waals surface area (Å²) in [7, 11) is 0. The number of hydrogen-bond acceptors (Lipinski definition) is 4. The number of benzene rings is 1. The van der Waals surface area contributed by atoms with Gasteiger partial charge in [-0.2, -0.15) is 4.98 Å². The van der Waals surface area contributed by atoms with Crippen molar-refractivity contribution in [2.45, 2.75) is 13.0 Å². The largest absolute Gasteiger partial charge is 0.224 e. The van der Waals surface area contributed by atoms with Crippen LogP contribution in [0.2, 0.25) is 5.28 Å². The summed E-state index contributed by atoms with van der Waals surface area (Å²) < 4.78 is 2.78. The molecule has 5 nitrogen and oxygen atoms in total. The van der Waals surface area contributed by atoms with Gasteiger partial charge in [0.25, 0.3) is 0 Å². The van der Waals surface area contributed by atoms with Crippen molar-refractivity contribution in [3.05, 3.63) is 45.8 Å². The number of halogens is 2. The van der Waals surface area contributed by atoms with Crippen LogP contribution >= 0.6 is 27.5 Å². The second-order valence-electron chi connectivity index (χ2n) is 4.11. The third-order valence-electron chi connectivity index (χ3n) is 2.91. The molecular formula is C12H9BrClN5. The molecule has 0 aliphatic carbocycles. The van der Waals surface area contributed by atoms with Crippen molar-refractivity contribution in [2.24, 2.45) is 0 Å². The van der Waals surface area contributed by atoms with E-state index in [0.717, 1.165) is 10.0 Å². The number of aromatic nitrogens is 5. The number of nitrogens with zero attached hydrogens (tertiary/aromatic N) is 5. The van der Waals surface area contributed by atoms with Crippen LogP contribution in [-0.2, 0) is 0 Å². The fourth-order valence-electron chi connectivity index (χ4n) is 1.87. The van der Waals surface area contributed by atoms with Gasteiger partial charge in [-0.25, -0.2) is 9.67 Å². The normalized spacial score (nSPS) is 12.8. The van der Waals surface area contributed by atoms with Crippen LogP contribution in [0, 0.1) is 0 Å². The van der Waals surface area contributed by atoms with E-state index in [4.69, 9.17) is 11.6 Å². The Bertz CT molecular complexity index is 725. The molecule has 0 saturated heterocycles. The van der Waals surface area contributed by atoms with E-state index in [-0.39, 0.29) is 11.3 Å². The molecule has 0 saturated carbocycles. The molecule has 0 radical (unpaired) electrons. The van der Waals surface area contributed by atoms with E-state index in [9.17, 15) is 0 Å². The second kappa shape index (κ2) is 4.86. The van der Waals surface area contributed by atoms with Crippen molar-refractivity contribution in [1.82, 2.24) is 25.0 Å². The lowest BCUT2D eigenvalue weighted by atomic mass is 10.1. The highest BCUT2D eigenvalue weighted by Gasteiger charge is 2.14. The van der Waals surface area contributed by atoms with Gasteiger partial charge in [0.2, 0.25) is 5.28 Å². The van der Waals surface area contributed by atoms with Crippen molar-refractivity contribution >= 4 is 38.7 Å². The first kappa shape index (κ1) is 12.5. The molecule has 0 bridgehead atoms.